The summed E-state index contributed by atoms with van der Waals surface area (Å²) in [4.78, 5) is 11.8. The van der Waals surface area contributed by atoms with Crippen LogP contribution in [0.2, 0.25) is 0 Å². The number of benzene rings is 2. The molecule has 0 radical (unpaired) electrons. The molecule has 0 spiro atoms. The quantitative estimate of drug-likeness (QED) is 0.636. The molecular weight excluding hydrogens is 376 g/mol. The largest absolute Gasteiger partial charge is 0.416 e. The molecule has 28 heavy (non-hydrogen) atoms. The van der Waals surface area contributed by atoms with Crippen LogP contribution in [0.5, 0.6) is 0 Å². The summed E-state index contributed by atoms with van der Waals surface area (Å²) in [6, 6.07) is 12.0. The highest BCUT2D eigenvalue weighted by Gasteiger charge is 2.30. The Hall–Kier alpha value is -3.74. The first-order valence-corrected chi connectivity index (χ1v) is 7.92. The van der Waals surface area contributed by atoms with Gasteiger partial charge in [0.25, 0.3) is 0 Å². The fraction of sp³-hybridized carbons (Fsp3) is 0.111. The van der Waals surface area contributed by atoms with Gasteiger partial charge < -0.3 is 10.6 Å². The zero-order valence-corrected chi connectivity index (χ0v) is 14.1. The van der Waals surface area contributed by atoms with E-state index in [-0.39, 0.29) is 35.8 Å². The molecule has 0 aliphatic rings. The Morgan fingerprint density at radius 2 is 1.68 bits per heavy atom. The zero-order valence-electron chi connectivity index (χ0n) is 14.1. The first-order chi connectivity index (χ1) is 13.3. The summed E-state index contributed by atoms with van der Waals surface area (Å²) >= 11 is 0. The number of hydrogen-bond donors (Lipinski definition) is 2. The van der Waals surface area contributed by atoms with Crippen molar-refractivity contribution in [2.24, 2.45) is 0 Å². The van der Waals surface area contributed by atoms with Crippen LogP contribution in [-0.4, -0.2) is 15.0 Å². The molecule has 2 aromatic carbocycles. The van der Waals surface area contributed by atoms with Gasteiger partial charge in [-0.1, -0.05) is 18.2 Å². The van der Waals surface area contributed by atoms with Gasteiger partial charge in [0.05, 0.1) is 5.56 Å². The van der Waals surface area contributed by atoms with E-state index in [2.05, 4.69) is 25.6 Å². The number of rotatable bonds is 5. The highest BCUT2D eigenvalue weighted by molar-refractivity contribution is 5.56. The second kappa shape index (κ2) is 7.87. The molecule has 0 fully saturated rings. The van der Waals surface area contributed by atoms with Crippen LogP contribution < -0.4 is 10.6 Å². The molecule has 1 aromatic heterocycles. The van der Waals surface area contributed by atoms with Crippen LogP contribution in [0.3, 0.4) is 0 Å². The lowest BCUT2D eigenvalue weighted by Gasteiger charge is -2.11. The van der Waals surface area contributed by atoms with Crippen LogP contribution in [-0.2, 0) is 12.7 Å². The molecule has 0 saturated heterocycles. The fourth-order valence-electron chi connectivity index (χ4n) is 2.25. The van der Waals surface area contributed by atoms with E-state index in [0.717, 1.165) is 17.7 Å². The van der Waals surface area contributed by atoms with Crippen molar-refractivity contribution < 1.29 is 17.6 Å². The molecule has 2 N–H and O–H groups in total. The number of hydrogen-bond acceptors (Lipinski definition) is 6. The SMILES string of the molecule is N#Cc1nc(NCc2ccc(F)cc2)nc(Nc2cccc(C(F)(F)F)c2)n1. The molecule has 6 nitrogen and oxygen atoms in total. The highest BCUT2D eigenvalue weighted by atomic mass is 19.4. The van der Waals surface area contributed by atoms with Gasteiger partial charge >= 0.3 is 6.18 Å². The number of alkyl halides is 3. The normalized spacial score (nSPS) is 11.0. The number of anilines is 3. The van der Waals surface area contributed by atoms with Crippen LogP contribution in [0.4, 0.5) is 35.1 Å². The van der Waals surface area contributed by atoms with Crippen LogP contribution in [0.25, 0.3) is 0 Å². The molecule has 0 bridgehead atoms. The predicted molar refractivity (Wildman–Crippen MR) is 93.0 cm³/mol. The Balaban J connectivity index is 1.79. The minimum atomic E-state index is -4.49. The van der Waals surface area contributed by atoms with E-state index in [1.54, 1.807) is 18.2 Å². The molecule has 0 unspecified atom stereocenters. The summed E-state index contributed by atoms with van der Waals surface area (Å²) < 4.78 is 51.4. The summed E-state index contributed by atoms with van der Waals surface area (Å²) in [6.45, 7) is 0.248. The van der Waals surface area contributed by atoms with Crippen LogP contribution >= 0.6 is 0 Å². The molecule has 0 aliphatic carbocycles. The van der Waals surface area contributed by atoms with E-state index in [0.29, 0.717) is 0 Å². The molecule has 142 valence electrons. The van der Waals surface area contributed by atoms with Gasteiger partial charge in [0.15, 0.2) is 0 Å². The average molecular weight is 388 g/mol. The molecule has 0 saturated carbocycles. The van der Waals surface area contributed by atoms with Crippen molar-refractivity contribution in [3.05, 3.63) is 71.3 Å². The minimum Gasteiger partial charge on any atom is -0.350 e. The van der Waals surface area contributed by atoms with Gasteiger partial charge in [-0.3, -0.25) is 0 Å². The Morgan fingerprint density at radius 1 is 0.964 bits per heavy atom. The Morgan fingerprint density at radius 3 is 2.36 bits per heavy atom. The number of nitrogens with zero attached hydrogens (tertiary/aromatic N) is 4. The van der Waals surface area contributed by atoms with Crippen LogP contribution in [0.1, 0.15) is 17.0 Å². The van der Waals surface area contributed by atoms with Gasteiger partial charge in [0.2, 0.25) is 17.7 Å². The standard InChI is InChI=1S/C18H12F4N6/c19-13-6-4-11(5-7-13)10-24-16-26-15(9-23)27-17(28-16)25-14-3-1-2-12(8-14)18(20,21)22/h1-8H,10H2,(H2,24,25,26,27,28). The monoisotopic (exact) mass is 388 g/mol. The van der Waals surface area contributed by atoms with E-state index in [1.807, 2.05) is 0 Å². The number of aromatic nitrogens is 3. The molecule has 3 aromatic rings. The van der Waals surface area contributed by atoms with E-state index in [9.17, 15) is 17.6 Å². The molecule has 0 amide bonds. The third-order valence-corrected chi connectivity index (χ3v) is 3.55. The Kier molecular flexibility index (Phi) is 5.35. The molecule has 3 rings (SSSR count). The maximum atomic E-state index is 12.9. The summed E-state index contributed by atoms with van der Waals surface area (Å²) in [7, 11) is 0. The smallest absolute Gasteiger partial charge is 0.350 e. The summed E-state index contributed by atoms with van der Waals surface area (Å²) in [5.74, 6) is -0.632. The van der Waals surface area contributed by atoms with E-state index in [4.69, 9.17) is 5.26 Å². The lowest BCUT2D eigenvalue weighted by molar-refractivity contribution is -0.137. The average Bonchev–Trinajstić information content (AvgIpc) is 2.67. The summed E-state index contributed by atoms with van der Waals surface area (Å²) in [5, 5.41) is 14.6. The molecular formula is C18H12F4N6. The Labute approximate surface area is 156 Å². The topological polar surface area (TPSA) is 86.5 Å². The Bertz CT molecular complexity index is 1010. The van der Waals surface area contributed by atoms with E-state index < -0.39 is 11.7 Å². The second-order valence-corrected chi connectivity index (χ2v) is 5.60. The minimum absolute atomic E-state index is 0.0466. The van der Waals surface area contributed by atoms with Gasteiger partial charge in [0.1, 0.15) is 11.9 Å². The lowest BCUT2D eigenvalue weighted by atomic mass is 10.2. The summed E-state index contributed by atoms with van der Waals surface area (Å²) in [5.41, 5.74) is 0.0174. The van der Waals surface area contributed by atoms with Crippen molar-refractivity contribution in [2.75, 3.05) is 10.6 Å². The maximum absolute atomic E-state index is 12.9. The van der Waals surface area contributed by atoms with Crippen LogP contribution in [0, 0.1) is 17.1 Å². The lowest BCUT2D eigenvalue weighted by Crippen LogP contribution is -2.09. The van der Waals surface area contributed by atoms with E-state index in [1.165, 1.54) is 24.3 Å². The van der Waals surface area contributed by atoms with Crippen molar-refractivity contribution in [1.82, 2.24) is 15.0 Å². The number of nitrogens with one attached hydrogen (secondary N) is 2. The first kappa shape index (κ1) is 19.0. The maximum Gasteiger partial charge on any atom is 0.416 e. The molecule has 0 atom stereocenters. The zero-order chi connectivity index (χ0) is 20.1. The van der Waals surface area contributed by atoms with Gasteiger partial charge in [-0.2, -0.15) is 33.4 Å². The van der Waals surface area contributed by atoms with Crippen molar-refractivity contribution in [3.63, 3.8) is 0 Å². The molecule has 10 heteroatoms. The van der Waals surface area contributed by atoms with Gasteiger partial charge in [-0.25, -0.2) is 4.39 Å². The highest BCUT2D eigenvalue weighted by Crippen LogP contribution is 2.31. The fourth-order valence-corrected chi connectivity index (χ4v) is 2.25. The van der Waals surface area contributed by atoms with Gasteiger partial charge in [0, 0.05) is 12.2 Å². The molecule has 0 aliphatic heterocycles. The first-order valence-electron chi connectivity index (χ1n) is 7.92. The van der Waals surface area contributed by atoms with Crippen molar-refractivity contribution in [1.29, 1.82) is 5.26 Å². The van der Waals surface area contributed by atoms with Gasteiger partial charge in [-0.15, -0.1) is 0 Å². The van der Waals surface area contributed by atoms with Gasteiger partial charge in [-0.05, 0) is 35.9 Å². The summed E-state index contributed by atoms with van der Waals surface area (Å²) in [6.07, 6.45) is -4.49. The van der Waals surface area contributed by atoms with Crippen molar-refractivity contribution in [2.45, 2.75) is 12.7 Å². The van der Waals surface area contributed by atoms with Crippen LogP contribution in [0.15, 0.2) is 48.5 Å². The number of halogens is 4. The molecule has 1 heterocycles. The second-order valence-electron chi connectivity index (χ2n) is 5.60. The number of nitriles is 1. The third-order valence-electron chi connectivity index (χ3n) is 3.55. The van der Waals surface area contributed by atoms with E-state index >= 15 is 0 Å². The third kappa shape index (κ3) is 4.91. The van der Waals surface area contributed by atoms with Crippen molar-refractivity contribution >= 4 is 17.6 Å². The predicted octanol–water partition coefficient (Wildman–Crippen LogP) is 4.26. The van der Waals surface area contributed by atoms with Crippen molar-refractivity contribution in [3.8, 4) is 6.07 Å².